The Bertz CT molecular complexity index is 716. The summed E-state index contributed by atoms with van der Waals surface area (Å²) in [5, 5.41) is 10.7. The van der Waals surface area contributed by atoms with E-state index in [1.165, 1.54) is 24.3 Å². The van der Waals surface area contributed by atoms with Crippen LogP contribution >= 0.6 is 0 Å². The Labute approximate surface area is 139 Å². The molecule has 24 heavy (non-hydrogen) atoms. The molecule has 1 aromatic heterocycles. The van der Waals surface area contributed by atoms with Crippen LogP contribution in [-0.4, -0.2) is 22.0 Å². The Morgan fingerprint density at radius 1 is 1.12 bits per heavy atom. The quantitative estimate of drug-likeness (QED) is 0.484. The minimum absolute atomic E-state index is 0.0458. The van der Waals surface area contributed by atoms with Gasteiger partial charge in [0.1, 0.15) is 6.10 Å². The summed E-state index contributed by atoms with van der Waals surface area (Å²) in [6.07, 6.45) is 5.39. The van der Waals surface area contributed by atoms with E-state index in [1.807, 2.05) is 18.2 Å². The van der Waals surface area contributed by atoms with Crippen LogP contribution in [0.25, 0.3) is 0 Å². The Hall–Kier alpha value is -2.76. The SMILES string of the molecule is O=C(O[C@H]1CCCC[C@H]1c1ccccn1)c1ccc([N+](=O)[O-])cc1. The lowest BCUT2D eigenvalue weighted by atomic mass is 9.84. The number of nitrogens with zero attached hydrogens (tertiary/aromatic N) is 2. The number of nitro benzene ring substituents is 1. The molecule has 0 N–H and O–H groups in total. The number of nitro groups is 1. The molecule has 3 rings (SSSR count). The number of pyridine rings is 1. The molecular weight excluding hydrogens is 308 g/mol. The number of hydrogen-bond donors (Lipinski definition) is 0. The normalized spacial score (nSPS) is 20.3. The van der Waals surface area contributed by atoms with Gasteiger partial charge in [0.2, 0.25) is 0 Å². The molecule has 6 nitrogen and oxygen atoms in total. The highest BCUT2D eigenvalue weighted by atomic mass is 16.6. The van der Waals surface area contributed by atoms with E-state index in [-0.39, 0.29) is 17.7 Å². The van der Waals surface area contributed by atoms with Gasteiger partial charge in [-0.15, -0.1) is 0 Å². The zero-order valence-corrected chi connectivity index (χ0v) is 13.1. The number of esters is 1. The van der Waals surface area contributed by atoms with Crippen molar-refractivity contribution in [2.24, 2.45) is 0 Å². The molecule has 6 heteroatoms. The van der Waals surface area contributed by atoms with Crippen LogP contribution in [0, 0.1) is 10.1 Å². The number of hydrogen-bond acceptors (Lipinski definition) is 5. The maximum absolute atomic E-state index is 12.4. The third-order valence-corrected chi connectivity index (χ3v) is 4.34. The summed E-state index contributed by atoms with van der Waals surface area (Å²) in [5.41, 5.74) is 1.22. The lowest BCUT2D eigenvalue weighted by molar-refractivity contribution is -0.384. The third-order valence-electron chi connectivity index (χ3n) is 4.34. The van der Waals surface area contributed by atoms with Crippen LogP contribution < -0.4 is 0 Å². The van der Waals surface area contributed by atoms with Crippen molar-refractivity contribution in [2.45, 2.75) is 37.7 Å². The lowest BCUT2D eigenvalue weighted by Gasteiger charge is -2.30. The third kappa shape index (κ3) is 3.59. The van der Waals surface area contributed by atoms with Crippen LogP contribution in [0.15, 0.2) is 48.7 Å². The monoisotopic (exact) mass is 326 g/mol. The zero-order valence-electron chi connectivity index (χ0n) is 13.1. The Morgan fingerprint density at radius 2 is 1.88 bits per heavy atom. The Morgan fingerprint density at radius 3 is 2.54 bits per heavy atom. The van der Waals surface area contributed by atoms with Gasteiger partial charge in [0, 0.05) is 29.9 Å². The number of carbonyl (C=O) groups is 1. The fourth-order valence-corrected chi connectivity index (χ4v) is 3.10. The van der Waals surface area contributed by atoms with Crippen LogP contribution in [-0.2, 0) is 4.74 Å². The highest BCUT2D eigenvalue weighted by Crippen LogP contribution is 2.34. The van der Waals surface area contributed by atoms with Crippen LogP contribution in [0.1, 0.15) is 47.7 Å². The van der Waals surface area contributed by atoms with E-state index in [0.29, 0.717) is 5.56 Å². The van der Waals surface area contributed by atoms with Crippen molar-refractivity contribution >= 4 is 11.7 Å². The van der Waals surface area contributed by atoms with E-state index < -0.39 is 10.9 Å². The standard InChI is InChI=1S/C18H18N2O4/c21-18(13-8-10-14(11-9-13)20(22)23)24-17-7-2-1-5-15(17)16-6-3-4-12-19-16/h3-4,6,8-12,15,17H,1-2,5,7H2/t15-,17-/m0/s1. The molecule has 0 unspecified atom stereocenters. The second-order valence-corrected chi connectivity index (χ2v) is 5.89. The second kappa shape index (κ2) is 7.21. The molecule has 0 aliphatic heterocycles. The molecule has 1 fully saturated rings. The highest BCUT2D eigenvalue weighted by Gasteiger charge is 2.30. The van der Waals surface area contributed by atoms with Gasteiger partial charge in [-0.3, -0.25) is 15.1 Å². The van der Waals surface area contributed by atoms with E-state index >= 15 is 0 Å². The first-order valence-electron chi connectivity index (χ1n) is 8.01. The fourth-order valence-electron chi connectivity index (χ4n) is 3.10. The van der Waals surface area contributed by atoms with E-state index in [0.717, 1.165) is 31.4 Å². The first-order chi connectivity index (χ1) is 11.6. The van der Waals surface area contributed by atoms with E-state index in [1.54, 1.807) is 6.20 Å². The molecule has 2 atom stereocenters. The van der Waals surface area contributed by atoms with Gasteiger partial charge in [-0.25, -0.2) is 4.79 Å². The number of ether oxygens (including phenoxy) is 1. The Balaban J connectivity index is 1.73. The molecule has 1 saturated carbocycles. The van der Waals surface area contributed by atoms with Crippen LogP contribution in [0.5, 0.6) is 0 Å². The molecule has 1 aliphatic rings. The number of non-ortho nitro benzene ring substituents is 1. The van der Waals surface area contributed by atoms with Gasteiger partial charge in [0.15, 0.2) is 0 Å². The molecule has 0 bridgehead atoms. The molecular formula is C18H18N2O4. The van der Waals surface area contributed by atoms with Gasteiger partial charge in [-0.2, -0.15) is 0 Å². The number of aromatic nitrogens is 1. The number of rotatable bonds is 4. The van der Waals surface area contributed by atoms with Crippen molar-refractivity contribution < 1.29 is 14.5 Å². The van der Waals surface area contributed by atoms with Crippen molar-refractivity contribution in [1.82, 2.24) is 4.98 Å². The van der Waals surface area contributed by atoms with Crippen molar-refractivity contribution in [3.05, 3.63) is 70.0 Å². The molecule has 2 aromatic rings. The molecule has 0 saturated heterocycles. The van der Waals surface area contributed by atoms with Gasteiger partial charge >= 0.3 is 5.97 Å². The summed E-state index contributed by atoms with van der Waals surface area (Å²) in [5.74, 6) is -0.348. The fraction of sp³-hybridized carbons (Fsp3) is 0.333. The second-order valence-electron chi connectivity index (χ2n) is 5.89. The Kier molecular flexibility index (Phi) is 4.84. The molecule has 1 aromatic carbocycles. The van der Waals surface area contributed by atoms with E-state index in [9.17, 15) is 14.9 Å². The van der Waals surface area contributed by atoms with E-state index in [4.69, 9.17) is 4.74 Å². The zero-order chi connectivity index (χ0) is 16.9. The van der Waals surface area contributed by atoms with Gasteiger partial charge in [0.25, 0.3) is 5.69 Å². The van der Waals surface area contributed by atoms with Crippen LogP contribution in [0.3, 0.4) is 0 Å². The maximum Gasteiger partial charge on any atom is 0.338 e. The summed E-state index contributed by atoms with van der Waals surface area (Å²) in [4.78, 5) is 26.9. The first-order valence-corrected chi connectivity index (χ1v) is 8.01. The summed E-state index contributed by atoms with van der Waals surface area (Å²) in [6, 6.07) is 11.2. The highest BCUT2D eigenvalue weighted by molar-refractivity contribution is 5.89. The van der Waals surface area contributed by atoms with Crippen molar-refractivity contribution in [3.8, 4) is 0 Å². The summed E-state index contributed by atoms with van der Waals surface area (Å²) < 4.78 is 5.70. The maximum atomic E-state index is 12.4. The van der Waals surface area contributed by atoms with Crippen molar-refractivity contribution in [3.63, 3.8) is 0 Å². The van der Waals surface area contributed by atoms with Gasteiger partial charge in [-0.05, 0) is 43.5 Å². The molecule has 0 amide bonds. The van der Waals surface area contributed by atoms with E-state index in [2.05, 4.69) is 4.98 Å². The molecule has 124 valence electrons. The predicted octanol–water partition coefficient (Wildman–Crippen LogP) is 3.87. The van der Waals surface area contributed by atoms with Gasteiger partial charge in [0.05, 0.1) is 10.5 Å². The summed E-state index contributed by atoms with van der Waals surface area (Å²) >= 11 is 0. The first kappa shape index (κ1) is 16.1. The van der Waals surface area contributed by atoms with Crippen LogP contribution in [0.4, 0.5) is 5.69 Å². The average molecular weight is 326 g/mol. The number of carbonyl (C=O) groups excluding carboxylic acids is 1. The van der Waals surface area contributed by atoms with Gasteiger partial charge < -0.3 is 4.74 Å². The lowest BCUT2D eigenvalue weighted by Crippen LogP contribution is -2.29. The topological polar surface area (TPSA) is 82.3 Å². The predicted molar refractivity (Wildman–Crippen MR) is 87.7 cm³/mol. The van der Waals surface area contributed by atoms with Gasteiger partial charge in [-0.1, -0.05) is 12.5 Å². The smallest absolute Gasteiger partial charge is 0.338 e. The summed E-state index contributed by atoms with van der Waals surface area (Å²) in [7, 11) is 0. The van der Waals surface area contributed by atoms with Crippen LogP contribution in [0.2, 0.25) is 0 Å². The van der Waals surface area contributed by atoms with Crippen molar-refractivity contribution in [2.75, 3.05) is 0 Å². The summed E-state index contributed by atoms with van der Waals surface area (Å²) in [6.45, 7) is 0. The van der Waals surface area contributed by atoms with Crippen molar-refractivity contribution in [1.29, 1.82) is 0 Å². The largest absolute Gasteiger partial charge is 0.458 e. The molecule has 1 aliphatic carbocycles. The average Bonchev–Trinajstić information content (AvgIpc) is 2.63. The minimum atomic E-state index is -0.493. The molecule has 0 radical (unpaired) electrons. The minimum Gasteiger partial charge on any atom is -0.458 e. The molecule has 1 heterocycles. The number of benzene rings is 1. The molecule has 0 spiro atoms.